The van der Waals surface area contributed by atoms with Crippen LogP contribution in [0.15, 0.2) is 23.0 Å². The maximum absolute atomic E-state index is 12.5. The number of hydrogen-bond donors (Lipinski definition) is 3. The number of nitrogens with two attached hydrogens (primary N) is 2. The zero-order valence-corrected chi connectivity index (χ0v) is 17.8. The first-order valence-electron chi connectivity index (χ1n) is 10.3. The molecule has 0 bridgehead atoms. The molecule has 0 radical (unpaired) electrons. The maximum Gasteiger partial charge on any atom is 0.258 e. The summed E-state index contributed by atoms with van der Waals surface area (Å²) in [5.41, 5.74) is 13.2. The standard InChI is InChI=1S/C21H31N5O2S/c1-14-5-4-6-16-19(14)24-18(25-20(16)27)13-29-15-8-11-26(12-9-15)21(28)17(23)7-2-3-10-22/h4-6,15,17H,2-3,7-13,22-23H2,1H3,(H,24,25,27)/t17-/m1/s1. The van der Waals surface area contributed by atoms with Crippen molar-refractivity contribution in [2.45, 2.75) is 56.1 Å². The molecule has 0 saturated carbocycles. The Kier molecular flexibility index (Phi) is 7.69. The highest BCUT2D eigenvalue weighted by atomic mass is 32.2. The van der Waals surface area contributed by atoms with Crippen LogP contribution in [0.4, 0.5) is 0 Å². The minimum absolute atomic E-state index is 0.0569. The molecule has 1 aliphatic rings. The van der Waals surface area contributed by atoms with Crippen molar-refractivity contribution in [3.8, 4) is 0 Å². The Balaban J connectivity index is 1.50. The molecule has 2 aromatic rings. The number of likely N-dealkylation sites (tertiary alicyclic amines) is 1. The summed E-state index contributed by atoms with van der Waals surface area (Å²) >= 11 is 1.80. The number of aromatic amines is 1. The van der Waals surface area contributed by atoms with Crippen LogP contribution < -0.4 is 17.0 Å². The molecule has 1 amide bonds. The summed E-state index contributed by atoms with van der Waals surface area (Å²) in [6.45, 7) is 4.09. The monoisotopic (exact) mass is 417 g/mol. The van der Waals surface area contributed by atoms with Gasteiger partial charge in [-0.25, -0.2) is 4.98 Å². The number of piperidine rings is 1. The maximum atomic E-state index is 12.5. The third-order valence-electron chi connectivity index (χ3n) is 5.48. The van der Waals surface area contributed by atoms with Crippen molar-refractivity contribution in [3.63, 3.8) is 0 Å². The van der Waals surface area contributed by atoms with Crippen LogP contribution in [0.2, 0.25) is 0 Å². The van der Waals surface area contributed by atoms with Gasteiger partial charge in [-0.1, -0.05) is 18.6 Å². The van der Waals surface area contributed by atoms with E-state index in [0.717, 1.165) is 49.9 Å². The topological polar surface area (TPSA) is 118 Å². The lowest BCUT2D eigenvalue weighted by Gasteiger charge is -2.33. The van der Waals surface area contributed by atoms with E-state index < -0.39 is 6.04 Å². The van der Waals surface area contributed by atoms with Gasteiger partial charge in [-0.15, -0.1) is 0 Å². The van der Waals surface area contributed by atoms with Crippen LogP contribution in [0.25, 0.3) is 10.9 Å². The third kappa shape index (κ3) is 5.58. The number of carbonyl (C=O) groups excluding carboxylic acids is 1. The van der Waals surface area contributed by atoms with E-state index in [2.05, 4.69) is 9.97 Å². The number of H-pyrrole nitrogens is 1. The summed E-state index contributed by atoms with van der Waals surface area (Å²) in [6.07, 6.45) is 4.37. The van der Waals surface area contributed by atoms with Crippen LogP contribution in [0.3, 0.4) is 0 Å². The number of aromatic nitrogens is 2. The molecule has 1 aliphatic heterocycles. The molecule has 1 aromatic carbocycles. The summed E-state index contributed by atoms with van der Waals surface area (Å²) in [6, 6.07) is 5.24. The van der Waals surface area contributed by atoms with Gasteiger partial charge >= 0.3 is 0 Å². The van der Waals surface area contributed by atoms with Crippen molar-refractivity contribution in [2.75, 3.05) is 19.6 Å². The quantitative estimate of drug-likeness (QED) is 0.565. The van der Waals surface area contributed by atoms with Gasteiger partial charge in [-0.05, 0) is 50.8 Å². The minimum atomic E-state index is -0.416. The van der Waals surface area contributed by atoms with Crippen LogP contribution in [-0.2, 0) is 10.5 Å². The molecule has 0 unspecified atom stereocenters. The molecule has 29 heavy (non-hydrogen) atoms. The molecule has 1 fully saturated rings. The Bertz CT molecular complexity index is 892. The molecule has 2 heterocycles. The van der Waals surface area contributed by atoms with Gasteiger partial charge in [0.1, 0.15) is 5.82 Å². The van der Waals surface area contributed by atoms with E-state index in [-0.39, 0.29) is 11.5 Å². The van der Waals surface area contributed by atoms with Crippen molar-refractivity contribution in [1.82, 2.24) is 14.9 Å². The van der Waals surface area contributed by atoms with Gasteiger partial charge in [-0.3, -0.25) is 9.59 Å². The number of para-hydroxylation sites is 1. The van der Waals surface area contributed by atoms with Crippen molar-refractivity contribution in [2.24, 2.45) is 11.5 Å². The van der Waals surface area contributed by atoms with Crippen molar-refractivity contribution < 1.29 is 4.79 Å². The Morgan fingerprint density at radius 3 is 2.83 bits per heavy atom. The van der Waals surface area contributed by atoms with E-state index in [4.69, 9.17) is 11.5 Å². The number of carbonyl (C=O) groups is 1. The Hall–Kier alpha value is -1.90. The highest BCUT2D eigenvalue weighted by Crippen LogP contribution is 2.26. The smallest absolute Gasteiger partial charge is 0.258 e. The number of amides is 1. The fourth-order valence-corrected chi connectivity index (χ4v) is 4.80. The van der Waals surface area contributed by atoms with E-state index in [1.165, 1.54) is 0 Å². The zero-order valence-electron chi connectivity index (χ0n) is 17.0. The van der Waals surface area contributed by atoms with Crippen LogP contribution in [0, 0.1) is 6.92 Å². The van der Waals surface area contributed by atoms with Crippen LogP contribution >= 0.6 is 11.8 Å². The lowest BCUT2D eigenvalue weighted by atomic mass is 10.1. The largest absolute Gasteiger partial charge is 0.341 e. The van der Waals surface area contributed by atoms with E-state index in [1.807, 2.05) is 24.0 Å². The first-order valence-corrected chi connectivity index (χ1v) is 11.4. The van der Waals surface area contributed by atoms with E-state index in [0.29, 0.717) is 35.2 Å². The second kappa shape index (κ2) is 10.2. The van der Waals surface area contributed by atoms with E-state index >= 15 is 0 Å². The minimum Gasteiger partial charge on any atom is -0.341 e. The number of thioether (sulfide) groups is 1. The van der Waals surface area contributed by atoms with Crippen LogP contribution in [0.5, 0.6) is 0 Å². The molecule has 0 spiro atoms. The predicted octanol–water partition coefficient (Wildman–Crippen LogP) is 1.91. The molecule has 1 atom stereocenters. The van der Waals surface area contributed by atoms with Gasteiger partial charge in [0.15, 0.2) is 0 Å². The van der Waals surface area contributed by atoms with Gasteiger partial charge in [0.25, 0.3) is 5.56 Å². The Morgan fingerprint density at radius 1 is 1.34 bits per heavy atom. The molecule has 0 aliphatic carbocycles. The molecular formula is C21H31N5O2S. The fraction of sp³-hybridized carbons (Fsp3) is 0.571. The second-order valence-corrected chi connectivity index (χ2v) is 9.00. The predicted molar refractivity (Wildman–Crippen MR) is 119 cm³/mol. The van der Waals surface area contributed by atoms with Gasteiger partial charge < -0.3 is 21.4 Å². The number of rotatable bonds is 8. The lowest BCUT2D eigenvalue weighted by molar-refractivity contribution is -0.133. The number of fused-ring (bicyclic) bond motifs is 1. The molecule has 3 rings (SSSR count). The summed E-state index contributed by atoms with van der Waals surface area (Å²) < 4.78 is 0. The summed E-state index contributed by atoms with van der Waals surface area (Å²) in [5.74, 6) is 1.43. The van der Waals surface area contributed by atoms with Crippen LogP contribution in [-0.4, -0.2) is 51.7 Å². The van der Waals surface area contributed by atoms with Gasteiger partial charge in [-0.2, -0.15) is 11.8 Å². The van der Waals surface area contributed by atoms with Gasteiger partial charge in [0, 0.05) is 18.3 Å². The second-order valence-electron chi connectivity index (χ2n) is 7.71. The first kappa shape index (κ1) is 21.8. The Morgan fingerprint density at radius 2 is 2.10 bits per heavy atom. The summed E-state index contributed by atoms with van der Waals surface area (Å²) in [5, 5.41) is 1.08. The number of unbranched alkanes of at least 4 members (excludes halogenated alkanes) is 1. The number of aryl methyl sites for hydroxylation is 1. The molecular weight excluding hydrogens is 386 g/mol. The number of nitrogens with zero attached hydrogens (tertiary/aromatic N) is 2. The SMILES string of the molecule is Cc1cccc2c(=O)[nH]c(CSC3CCN(C(=O)[C@H](N)CCCCN)CC3)nc12. The van der Waals surface area contributed by atoms with Crippen LogP contribution in [0.1, 0.15) is 43.5 Å². The number of benzene rings is 1. The summed E-state index contributed by atoms with van der Waals surface area (Å²) in [4.78, 5) is 34.3. The molecule has 1 saturated heterocycles. The fourth-order valence-electron chi connectivity index (χ4n) is 3.73. The number of nitrogens with one attached hydrogen (secondary N) is 1. The normalized spacial score (nSPS) is 16.3. The molecule has 1 aromatic heterocycles. The third-order valence-corrected chi connectivity index (χ3v) is 6.87. The highest BCUT2D eigenvalue weighted by molar-refractivity contribution is 7.99. The van der Waals surface area contributed by atoms with Crippen molar-refractivity contribution in [1.29, 1.82) is 0 Å². The van der Waals surface area contributed by atoms with Crippen molar-refractivity contribution >= 4 is 28.6 Å². The van der Waals surface area contributed by atoms with E-state index in [1.54, 1.807) is 17.8 Å². The summed E-state index contributed by atoms with van der Waals surface area (Å²) in [7, 11) is 0. The lowest BCUT2D eigenvalue weighted by Crippen LogP contribution is -2.47. The average molecular weight is 418 g/mol. The highest BCUT2D eigenvalue weighted by Gasteiger charge is 2.26. The van der Waals surface area contributed by atoms with Gasteiger partial charge in [0.2, 0.25) is 5.91 Å². The first-order chi connectivity index (χ1) is 14.0. The molecule has 8 heteroatoms. The molecule has 5 N–H and O–H groups in total. The van der Waals surface area contributed by atoms with Crippen molar-refractivity contribution in [3.05, 3.63) is 39.9 Å². The number of hydrogen-bond acceptors (Lipinski definition) is 6. The average Bonchev–Trinajstić information content (AvgIpc) is 2.73. The zero-order chi connectivity index (χ0) is 20.8. The molecule has 7 nitrogen and oxygen atoms in total. The molecule has 158 valence electrons. The Labute approximate surface area is 175 Å². The van der Waals surface area contributed by atoms with E-state index in [9.17, 15) is 9.59 Å². The van der Waals surface area contributed by atoms with Gasteiger partial charge in [0.05, 0.1) is 22.7 Å².